The summed E-state index contributed by atoms with van der Waals surface area (Å²) in [6, 6.07) is 21.4. The SMILES string of the molecule is CC(C)c1ccc2c(c1)CC[C@@H]1[C@@](C)(CNC(=O)/C=C/c3cn(-c4ccccc4)nc3-c3cccs3)CCC[C@]21C. The molecule has 0 unspecified atom stereocenters. The number of carbonyl (C=O) groups is 1. The van der Waals surface area contributed by atoms with Crippen LogP contribution in [0.15, 0.2) is 78.3 Å². The fraction of sp³-hybridized carbons (Fsp3) is 0.389. The molecule has 0 spiro atoms. The van der Waals surface area contributed by atoms with E-state index in [4.69, 9.17) is 5.10 Å². The first-order valence-electron chi connectivity index (χ1n) is 15.0. The summed E-state index contributed by atoms with van der Waals surface area (Å²) in [7, 11) is 0. The zero-order valence-corrected chi connectivity index (χ0v) is 25.5. The number of aryl methyl sites for hydroxylation is 1. The lowest BCUT2D eigenvalue weighted by Crippen LogP contribution is -2.53. The summed E-state index contributed by atoms with van der Waals surface area (Å²) in [5.74, 6) is 1.07. The highest BCUT2D eigenvalue weighted by molar-refractivity contribution is 7.13. The fourth-order valence-electron chi connectivity index (χ4n) is 7.56. The number of nitrogens with one attached hydrogen (secondary N) is 1. The van der Waals surface area contributed by atoms with Crippen LogP contribution in [-0.2, 0) is 16.6 Å². The number of hydrogen-bond donors (Lipinski definition) is 1. The number of carbonyl (C=O) groups excluding carboxylic acids is 1. The van der Waals surface area contributed by atoms with Gasteiger partial charge in [0.15, 0.2) is 0 Å². The van der Waals surface area contributed by atoms with Crippen molar-refractivity contribution in [1.29, 1.82) is 0 Å². The van der Waals surface area contributed by atoms with Crippen molar-refractivity contribution in [2.75, 3.05) is 6.54 Å². The van der Waals surface area contributed by atoms with E-state index in [1.54, 1.807) is 28.5 Å². The molecule has 0 radical (unpaired) electrons. The lowest BCUT2D eigenvalue weighted by Gasteiger charge is -2.55. The highest BCUT2D eigenvalue weighted by atomic mass is 32.1. The number of fused-ring (bicyclic) bond motifs is 3. The molecule has 1 amide bonds. The molecule has 6 rings (SSSR count). The van der Waals surface area contributed by atoms with E-state index in [0.717, 1.165) is 34.7 Å². The third-order valence-corrected chi connectivity index (χ3v) is 10.6. The van der Waals surface area contributed by atoms with Gasteiger partial charge in [0.05, 0.1) is 10.6 Å². The number of amides is 1. The van der Waals surface area contributed by atoms with Crippen molar-refractivity contribution >= 4 is 23.3 Å². The minimum absolute atomic E-state index is 0.0409. The Kier molecular flexibility index (Phi) is 7.50. The Morgan fingerprint density at radius 1 is 1.12 bits per heavy atom. The van der Waals surface area contributed by atoms with Crippen LogP contribution in [0.2, 0.25) is 0 Å². The van der Waals surface area contributed by atoms with Gasteiger partial charge in [0.25, 0.3) is 0 Å². The molecule has 0 saturated heterocycles. The quantitative estimate of drug-likeness (QED) is 0.229. The lowest BCUT2D eigenvalue weighted by molar-refractivity contribution is -0.117. The van der Waals surface area contributed by atoms with Crippen molar-refractivity contribution in [2.24, 2.45) is 11.3 Å². The summed E-state index contributed by atoms with van der Waals surface area (Å²) >= 11 is 1.66. The first-order chi connectivity index (χ1) is 19.8. The summed E-state index contributed by atoms with van der Waals surface area (Å²) < 4.78 is 1.89. The van der Waals surface area contributed by atoms with E-state index in [9.17, 15) is 4.79 Å². The van der Waals surface area contributed by atoms with Crippen LogP contribution in [-0.4, -0.2) is 22.2 Å². The van der Waals surface area contributed by atoms with Gasteiger partial charge < -0.3 is 5.32 Å². The van der Waals surface area contributed by atoms with Crippen molar-refractivity contribution in [2.45, 2.75) is 71.1 Å². The number of hydrogen-bond acceptors (Lipinski definition) is 3. The highest BCUT2D eigenvalue weighted by Crippen LogP contribution is 2.57. The van der Waals surface area contributed by atoms with E-state index in [-0.39, 0.29) is 16.7 Å². The highest BCUT2D eigenvalue weighted by Gasteiger charge is 2.51. The van der Waals surface area contributed by atoms with Crippen LogP contribution in [0, 0.1) is 11.3 Å². The first kappa shape index (κ1) is 27.7. The maximum Gasteiger partial charge on any atom is 0.244 e. The van der Waals surface area contributed by atoms with Crippen molar-refractivity contribution in [1.82, 2.24) is 15.1 Å². The molecule has 1 N–H and O–H groups in total. The second-order valence-corrected chi connectivity index (χ2v) is 13.8. The first-order valence-corrected chi connectivity index (χ1v) is 15.9. The van der Waals surface area contributed by atoms with Crippen molar-refractivity contribution in [3.05, 3.63) is 101 Å². The summed E-state index contributed by atoms with van der Waals surface area (Å²) in [6.07, 6.45) is 11.5. The van der Waals surface area contributed by atoms with E-state index in [2.05, 4.69) is 62.7 Å². The predicted molar refractivity (Wildman–Crippen MR) is 171 cm³/mol. The minimum atomic E-state index is -0.0409. The van der Waals surface area contributed by atoms with Gasteiger partial charge in [0.2, 0.25) is 5.91 Å². The zero-order chi connectivity index (χ0) is 28.6. The number of thiophene rings is 1. The van der Waals surface area contributed by atoms with Gasteiger partial charge in [-0.1, -0.05) is 76.6 Å². The third kappa shape index (κ3) is 5.32. The van der Waals surface area contributed by atoms with Crippen molar-refractivity contribution < 1.29 is 4.79 Å². The summed E-state index contributed by atoms with van der Waals surface area (Å²) in [4.78, 5) is 14.3. The van der Waals surface area contributed by atoms with Crippen LogP contribution in [0.5, 0.6) is 0 Å². The predicted octanol–water partition coefficient (Wildman–Crippen LogP) is 8.56. The average molecular weight is 564 g/mol. The number of benzene rings is 2. The Bertz CT molecular complexity index is 1550. The van der Waals surface area contributed by atoms with Crippen LogP contribution >= 0.6 is 11.3 Å². The maximum atomic E-state index is 13.2. The zero-order valence-electron chi connectivity index (χ0n) is 24.7. The molecule has 4 aromatic rings. The van der Waals surface area contributed by atoms with Crippen molar-refractivity contribution in [3.8, 4) is 16.3 Å². The second-order valence-electron chi connectivity index (χ2n) is 12.8. The monoisotopic (exact) mass is 563 g/mol. The van der Waals surface area contributed by atoms with E-state index < -0.39 is 0 Å². The van der Waals surface area contributed by atoms with Gasteiger partial charge >= 0.3 is 0 Å². The molecule has 41 heavy (non-hydrogen) atoms. The Hall–Kier alpha value is -3.44. The smallest absolute Gasteiger partial charge is 0.244 e. The van der Waals surface area contributed by atoms with Crippen LogP contribution in [0.1, 0.15) is 81.5 Å². The molecular formula is C36H41N3OS. The average Bonchev–Trinajstić information content (AvgIpc) is 3.65. The summed E-state index contributed by atoms with van der Waals surface area (Å²) in [5.41, 5.74) is 7.61. The molecule has 2 heterocycles. The Morgan fingerprint density at radius 3 is 2.71 bits per heavy atom. The van der Waals surface area contributed by atoms with Crippen LogP contribution in [0.3, 0.4) is 0 Å². The van der Waals surface area contributed by atoms with Gasteiger partial charge in [-0.3, -0.25) is 4.79 Å². The summed E-state index contributed by atoms with van der Waals surface area (Å²) in [5, 5.41) is 10.2. The molecule has 0 aliphatic heterocycles. The summed E-state index contributed by atoms with van der Waals surface area (Å²) in [6.45, 7) is 10.2. The molecule has 3 atom stereocenters. The minimum Gasteiger partial charge on any atom is -0.352 e. The van der Waals surface area contributed by atoms with Gasteiger partial charge in [-0.05, 0) is 94.7 Å². The van der Waals surface area contributed by atoms with Gasteiger partial charge in [-0.25, -0.2) is 4.68 Å². The van der Waals surface area contributed by atoms with Crippen LogP contribution in [0.25, 0.3) is 22.3 Å². The van der Waals surface area contributed by atoms with Gasteiger partial charge in [-0.2, -0.15) is 5.10 Å². The molecule has 2 aliphatic carbocycles. The normalized spacial score (nSPS) is 23.9. The molecule has 2 aliphatic rings. The Labute approximate surface area is 248 Å². The molecule has 212 valence electrons. The largest absolute Gasteiger partial charge is 0.352 e. The molecule has 2 aromatic carbocycles. The van der Waals surface area contributed by atoms with E-state index in [1.165, 1.54) is 24.8 Å². The lowest BCUT2D eigenvalue weighted by atomic mass is 9.49. The topological polar surface area (TPSA) is 46.9 Å². The molecule has 2 aromatic heterocycles. The van der Waals surface area contributed by atoms with E-state index >= 15 is 0 Å². The molecule has 1 saturated carbocycles. The fourth-order valence-corrected chi connectivity index (χ4v) is 8.29. The number of nitrogens with zero attached hydrogens (tertiary/aromatic N) is 2. The molecule has 0 bridgehead atoms. The van der Waals surface area contributed by atoms with Gasteiger partial charge in [-0.15, -0.1) is 11.3 Å². The number of aromatic nitrogens is 2. The van der Waals surface area contributed by atoms with E-state index in [1.807, 2.05) is 53.4 Å². The number of rotatable bonds is 7. The van der Waals surface area contributed by atoms with Crippen molar-refractivity contribution in [3.63, 3.8) is 0 Å². The van der Waals surface area contributed by atoms with E-state index in [0.29, 0.717) is 18.4 Å². The van der Waals surface area contributed by atoms with Gasteiger partial charge in [0, 0.05) is 24.4 Å². The van der Waals surface area contributed by atoms with Gasteiger partial charge in [0.1, 0.15) is 5.69 Å². The van der Waals surface area contributed by atoms with Crippen LogP contribution in [0.4, 0.5) is 0 Å². The second kappa shape index (κ2) is 11.1. The molecule has 1 fully saturated rings. The number of para-hydroxylation sites is 1. The maximum absolute atomic E-state index is 13.2. The standard InChI is InChI=1S/C36H41N3OS/c1-25(2)26-13-16-30-27(22-26)14-17-32-35(3,19-9-20-36(30,32)4)24-37-33(40)18-15-28-23-39(29-10-6-5-7-11-29)38-34(28)31-12-8-21-41-31/h5-8,10-13,15-16,18,21-23,25,32H,9,14,17,19-20,24H2,1-4H3,(H,37,40)/b18-15+/t32-,35-,36-/m1/s1. The third-order valence-electron chi connectivity index (χ3n) is 9.77. The Morgan fingerprint density at radius 2 is 1.95 bits per heavy atom. The Balaban J connectivity index is 1.19. The molecule has 5 heteroatoms. The van der Waals surface area contributed by atoms with Crippen LogP contribution < -0.4 is 5.32 Å². The molecule has 4 nitrogen and oxygen atoms in total. The molecular weight excluding hydrogens is 522 g/mol.